The molecule has 0 radical (unpaired) electrons. The minimum absolute atomic E-state index is 0.299. The Hall–Kier alpha value is -0.810. The van der Waals surface area contributed by atoms with Gasteiger partial charge in [0.25, 0.3) is 0 Å². The first-order valence-electron chi connectivity index (χ1n) is 8.28. The maximum absolute atomic E-state index is 11.7. The number of rotatable bonds is 7. The van der Waals surface area contributed by atoms with E-state index in [0.29, 0.717) is 24.7 Å². The van der Waals surface area contributed by atoms with Gasteiger partial charge < -0.3 is 21.1 Å². The topological polar surface area (TPSA) is 76.4 Å². The van der Waals surface area contributed by atoms with Gasteiger partial charge in [-0.05, 0) is 46.5 Å². The number of hydrogen-bond donors (Lipinski definition) is 3. The summed E-state index contributed by atoms with van der Waals surface area (Å²) in [6.45, 7) is 8.42. The number of nitrogens with two attached hydrogens (primary N) is 1. The second kappa shape index (κ2) is 8.59. The molecule has 4 N–H and O–H groups in total. The lowest BCUT2D eigenvalue weighted by Crippen LogP contribution is -2.46. The van der Waals surface area contributed by atoms with Gasteiger partial charge in [0.05, 0.1) is 0 Å². The van der Waals surface area contributed by atoms with Gasteiger partial charge in [0.15, 0.2) is 0 Å². The molecule has 1 rings (SSSR count). The Labute approximate surface area is 129 Å². The first-order chi connectivity index (χ1) is 9.80. The average molecular weight is 299 g/mol. The molecule has 0 aliphatic heterocycles. The van der Waals surface area contributed by atoms with Crippen molar-refractivity contribution < 1.29 is 9.53 Å². The fourth-order valence-electron chi connectivity index (χ4n) is 2.72. The molecule has 0 aromatic rings. The Morgan fingerprint density at radius 2 is 2.10 bits per heavy atom. The Balaban J connectivity index is 2.36. The average Bonchev–Trinajstić information content (AvgIpc) is 2.76. The van der Waals surface area contributed by atoms with Gasteiger partial charge in [0, 0.05) is 24.7 Å². The largest absolute Gasteiger partial charge is 0.444 e. The van der Waals surface area contributed by atoms with Crippen molar-refractivity contribution in [1.82, 2.24) is 10.6 Å². The highest BCUT2D eigenvalue weighted by atomic mass is 16.6. The van der Waals surface area contributed by atoms with E-state index in [4.69, 9.17) is 10.5 Å². The summed E-state index contributed by atoms with van der Waals surface area (Å²) in [7, 11) is 0. The third-order valence-corrected chi connectivity index (χ3v) is 3.74. The van der Waals surface area contributed by atoms with Crippen LogP contribution in [0.5, 0.6) is 0 Å². The minimum atomic E-state index is -0.450. The molecule has 1 saturated carbocycles. The lowest BCUT2D eigenvalue weighted by Gasteiger charge is -2.25. The van der Waals surface area contributed by atoms with E-state index in [1.807, 2.05) is 20.8 Å². The van der Waals surface area contributed by atoms with E-state index in [1.165, 1.54) is 0 Å². The fourth-order valence-corrected chi connectivity index (χ4v) is 2.72. The number of carbonyl (C=O) groups is 1. The van der Waals surface area contributed by atoms with Crippen molar-refractivity contribution in [1.29, 1.82) is 0 Å². The van der Waals surface area contributed by atoms with E-state index in [9.17, 15) is 4.79 Å². The van der Waals surface area contributed by atoms with Gasteiger partial charge in [0.1, 0.15) is 5.60 Å². The second-order valence-corrected chi connectivity index (χ2v) is 7.16. The van der Waals surface area contributed by atoms with Gasteiger partial charge in [-0.1, -0.05) is 19.8 Å². The van der Waals surface area contributed by atoms with E-state index in [0.717, 1.165) is 38.5 Å². The highest BCUT2D eigenvalue weighted by Crippen LogP contribution is 2.18. The van der Waals surface area contributed by atoms with Crippen LogP contribution in [-0.2, 0) is 4.74 Å². The lowest BCUT2D eigenvalue weighted by molar-refractivity contribution is 0.0520. The molecule has 3 unspecified atom stereocenters. The van der Waals surface area contributed by atoms with Crippen molar-refractivity contribution in [2.24, 2.45) is 5.73 Å². The third kappa shape index (κ3) is 8.27. The number of carbonyl (C=O) groups excluding carboxylic acids is 1. The molecule has 3 atom stereocenters. The molecule has 1 aliphatic rings. The molecular formula is C16H33N3O2. The zero-order chi connectivity index (χ0) is 15.9. The third-order valence-electron chi connectivity index (χ3n) is 3.74. The van der Waals surface area contributed by atoms with Crippen LogP contribution in [0.15, 0.2) is 0 Å². The molecule has 5 nitrogen and oxygen atoms in total. The van der Waals surface area contributed by atoms with E-state index < -0.39 is 5.60 Å². The molecule has 0 saturated heterocycles. The molecule has 5 heteroatoms. The number of hydrogen-bond acceptors (Lipinski definition) is 4. The maximum Gasteiger partial charge on any atom is 0.407 e. The number of alkyl carbamates (subject to hydrolysis) is 1. The standard InChI is InChI=1S/C16H33N3O2/c1-5-6-7-14(19-13-9-8-12(17)10-13)11-18-15(20)21-16(2,3)4/h12-14,19H,5-11,17H2,1-4H3,(H,18,20). The normalized spacial score (nSPS) is 23.9. The number of ether oxygens (including phenoxy) is 1. The molecule has 0 spiro atoms. The Morgan fingerprint density at radius 1 is 1.38 bits per heavy atom. The number of unbranched alkanes of at least 4 members (excludes halogenated alkanes) is 1. The van der Waals surface area contributed by atoms with Crippen LogP contribution in [-0.4, -0.2) is 36.4 Å². The van der Waals surface area contributed by atoms with Gasteiger partial charge in [-0.2, -0.15) is 0 Å². The van der Waals surface area contributed by atoms with Gasteiger partial charge in [-0.25, -0.2) is 4.79 Å². The summed E-state index contributed by atoms with van der Waals surface area (Å²) in [6, 6.07) is 1.11. The maximum atomic E-state index is 11.7. The zero-order valence-corrected chi connectivity index (χ0v) is 14.1. The molecule has 1 fully saturated rings. The summed E-state index contributed by atoms with van der Waals surface area (Å²) in [4.78, 5) is 11.7. The summed E-state index contributed by atoms with van der Waals surface area (Å²) in [5, 5.41) is 6.53. The summed E-state index contributed by atoms with van der Waals surface area (Å²) >= 11 is 0. The van der Waals surface area contributed by atoms with Crippen molar-refractivity contribution in [3.05, 3.63) is 0 Å². The molecule has 1 amide bonds. The van der Waals surface area contributed by atoms with Gasteiger partial charge in [-0.15, -0.1) is 0 Å². The van der Waals surface area contributed by atoms with Crippen molar-refractivity contribution >= 4 is 6.09 Å². The van der Waals surface area contributed by atoms with Crippen LogP contribution in [0, 0.1) is 0 Å². The monoisotopic (exact) mass is 299 g/mol. The van der Waals surface area contributed by atoms with Crippen LogP contribution in [0.25, 0.3) is 0 Å². The first-order valence-corrected chi connectivity index (χ1v) is 8.28. The van der Waals surface area contributed by atoms with Crippen molar-refractivity contribution in [3.8, 4) is 0 Å². The zero-order valence-electron chi connectivity index (χ0n) is 14.1. The highest BCUT2D eigenvalue weighted by Gasteiger charge is 2.24. The number of nitrogens with one attached hydrogen (secondary N) is 2. The van der Waals surface area contributed by atoms with E-state index in [-0.39, 0.29) is 6.09 Å². The van der Waals surface area contributed by atoms with E-state index >= 15 is 0 Å². The number of amides is 1. The summed E-state index contributed by atoms with van der Waals surface area (Å²) < 4.78 is 5.28. The molecule has 0 heterocycles. The van der Waals surface area contributed by atoms with Crippen LogP contribution < -0.4 is 16.4 Å². The molecular weight excluding hydrogens is 266 g/mol. The van der Waals surface area contributed by atoms with Crippen LogP contribution in [0.1, 0.15) is 66.2 Å². The fraction of sp³-hybridized carbons (Fsp3) is 0.938. The second-order valence-electron chi connectivity index (χ2n) is 7.16. The Morgan fingerprint density at radius 3 is 2.62 bits per heavy atom. The van der Waals surface area contributed by atoms with Crippen LogP contribution in [0.4, 0.5) is 4.79 Å². The molecule has 1 aliphatic carbocycles. The van der Waals surface area contributed by atoms with Gasteiger partial charge >= 0.3 is 6.09 Å². The molecule has 0 aromatic carbocycles. The minimum Gasteiger partial charge on any atom is -0.444 e. The smallest absolute Gasteiger partial charge is 0.407 e. The highest BCUT2D eigenvalue weighted by molar-refractivity contribution is 5.67. The molecule has 124 valence electrons. The predicted octanol–water partition coefficient (Wildman–Crippen LogP) is 2.54. The lowest BCUT2D eigenvalue weighted by atomic mass is 10.1. The van der Waals surface area contributed by atoms with Crippen LogP contribution in [0.3, 0.4) is 0 Å². The van der Waals surface area contributed by atoms with E-state index in [2.05, 4.69) is 17.6 Å². The van der Waals surface area contributed by atoms with Crippen LogP contribution in [0.2, 0.25) is 0 Å². The quantitative estimate of drug-likeness (QED) is 0.675. The summed E-state index contributed by atoms with van der Waals surface area (Å²) in [5.74, 6) is 0. The summed E-state index contributed by atoms with van der Waals surface area (Å²) in [5.41, 5.74) is 5.51. The Kier molecular flexibility index (Phi) is 7.46. The molecule has 0 aromatic heterocycles. The van der Waals surface area contributed by atoms with Gasteiger partial charge in [0.2, 0.25) is 0 Å². The summed E-state index contributed by atoms with van der Waals surface area (Å²) in [6.07, 6.45) is 6.32. The van der Waals surface area contributed by atoms with Crippen molar-refractivity contribution in [2.75, 3.05) is 6.54 Å². The van der Waals surface area contributed by atoms with Crippen molar-refractivity contribution in [2.45, 2.75) is 89.9 Å². The SMILES string of the molecule is CCCCC(CNC(=O)OC(C)(C)C)NC1CCC(N)C1. The first kappa shape index (κ1) is 18.2. The van der Waals surface area contributed by atoms with E-state index in [1.54, 1.807) is 0 Å². The van der Waals surface area contributed by atoms with Crippen molar-refractivity contribution in [3.63, 3.8) is 0 Å². The molecule has 0 bridgehead atoms. The van der Waals surface area contributed by atoms with Crippen LogP contribution >= 0.6 is 0 Å². The van der Waals surface area contributed by atoms with Gasteiger partial charge in [-0.3, -0.25) is 0 Å². The Bertz CT molecular complexity index is 315. The predicted molar refractivity (Wildman–Crippen MR) is 86.3 cm³/mol. The molecule has 21 heavy (non-hydrogen) atoms.